The average molecular weight is 323 g/mol. The van der Waals surface area contributed by atoms with E-state index >= 15 is 0 Å². The fourth-order valence-corrected chi connectivity index (χ4v) is 2.16. The molecule has 1 fully saturated rings. The van der Waals surface area contributed by atoms with Crippen LogP contribution in [0.4, 0.5) is 13.2 Å². The number of methoxy groups -OCH3 is 1. The molecule has 6 nitrogen and oxygen atoms in total. The van der Waals surface area contributed by atoms with E-state index in [1.807, 2.05) is 4.18 Å². The summed E-state index contributed by atoms with van der Waals surface area (Å²) in [5, 5.41) is 0. The molecule has 0 spiro atoms. The zero-order valence-corrected chi connectivity index (χ0v) is 12.3. The van der Waals surface area contributed by atoms with Crippen molar-refractivity contribution >= 4 is 10.4 Å². The van der Waals surface area contributed by atoms with E-state index in [2.05, 4.69) is 7.05 Å². The van der Waals surface area contributed by atoms with Gasteiger partial charge in [0, 0.05) is 7.11 Å². The molecule has 0 aliphatic carbocycles. The first kappa shape index (κ1) is 19.6. The van der Waals surface area contributed by atoms with E-state index in [-0.39, 0.29) is 0 Å². The molecule has 0 atom stereocenters. The SMILES string of the molecule is COCC[N+]1(C)CCCCC1.O=S(=O)([O-])OC(F)(F)F. The molecule has 0 aromatic rings. The van der Waals surface area contributed by atoms with Gasteiger partial charge in [-0.3, -0.25) is 0 Å². The highest BCUT2D eigenvalue weighted by atomic mass is 32.3. The van der Waals surface area contributed by atoms with Gasteiger partial charge in [0.05, 0.1) is 26.7 Å². The number of alkyl halides is 3. The molecule has 0 radical (unpaired) electrons. The standard InChI is InChI=1S/C9H20NO.CHF3O4S/c1-10(8-9-11-2)6-4-3-5-7-10;2-1(3,4)8-9(5,6)7/h3-9H2,1-2H3;(H,5,6,7)/q+1;/p-1. The maximum Gasteiger partial charge on any atom is 0.536 e. The van der Waals surface area contributed by atoms with Gasteiger partial charge in [0.15, 0.2) is 0 Å². The number of nitrogens with zero attached hydrogens (tertiary/aromatic N) is 1. The number of quaternary nitrogens is 1. The molecular formula is C10H20F3NO5S. The summed E-state index contributed by atoms with van der Waals surface area (Å²) in [6.45, 7) is 4.81. The summed E-state index contributed by atoms with van der Waals surface area (Å²) < 4.78 is 68.1. The van der Waals surface area contributed by atoms with Crippen LogP contribution in [-0.2, 0) is 19.3 Å². The second-order valence-electron chi connectivity index (χ2n) is 4.78. The van der Waals surface area contributed by atoms with Crippen LogP contribution in [0.15, 0.2) is 0 Å². The molecule has 0 amide bonds. The Bertz CT molecular complexity index is 366. The minimum absolute atomic E-state index is 0.913. The molecule has 1 saturated heterocycles. The van der Waals surface area contributed by atoms with Gasteiger partial charge in [0.25, 0.3) is 0 Å². The van der Waals surface area contributed by atoms with Gasteiger partial charge in [-0.2, -0.15) is 4.18 Å². The average Bonchev–Trinajstić information content (AvgIpc) is 2.23. The van der Waals surface area contributed by atoms with Crippen LogP contribution < -0.4 is 0 Å². The summed E-state index contributed by atoms with van der Waals surface area (Å²) in [5.74, 6) is 0. The summed E-state index contributed by atoms with van der Waals surface area (Å²) in [6.07, 6.45) is -1.18. The lowest BCUT2D eigenvalue weighted by Gasteiger charge is -2.37. The Morgan fingerprint density at radius 2 is 1.70 bits per heavy atom. The normalized spacial score (nSPS) is 19.1. The second-order valence-corrected chi connectivity index (χ2v) is 5.76. The quantitative estimate of drug-likeness (QED) is 0.442. The number of ether oxygens (including phenoxy) is 1. The molecule has 20 heavy (non-hydrogen) atoms. The number of hydrogen-bond donors (Lipinski definition) is 0. The lowest BCUT2D eigenvalue weighted by molar-refractivity contribution is -0.914. The third kappa shape index (κ3) is 11.4. The summed E-state index contributed by atoms with van der Waals surface area (Å²) in [6, 6.07) is 0. The fraction of sp³-hybridized carbons (Fsp3) is 1.00. The Kier molecular flexibility index (Phi) is 7.96. The van der Waals surface area contributed by atoms with E-state index in [1.165, 1.54) is 43.4 Å². The van der Waals surface area contributed by atoms with Crippen LogP contribution in [0.25, 0.3) is 0 Å². The molecule has 1 rings (SSSR count). The predicted molar refractivity (Wildman–Crippen MR) is 63.3 cm³/mol. The molecule has 0 aromatic heterocycles. The van der Waals surface area contributed by atoms with Gasteiger partial charge in [0.1, 0.15) is 6.54 Å². The highest BCUT2D eigenvalue weighted by molar-refractivity contribution is 7.80. The van der Waals surface area contributed by atoms with Crippen molar-refractivity contribution in [2.24, 2.45) is 0 Å². The van der Waals surface area contributed by atoms with Gasteiger partial charge in [-0.15, -0.1) is 13.2 Å². The second kappa shape index (κ2) is 8.13. The summed E-state index contributed by atoms with van der Waals surface area (Å²) in [4.78, 5) is 0. The van der Waals surface area contributed by atoms with Crippen molar-refractivity contribution in [3.05, 3.63) is 0 Å². The van der Waals surface area contributed by atoms with Gasteiger partial charge in [0.2, 0.25) is 10.4 Å². The van der Waals surface area contributed by atoms with Gasteiger partial charge in [-0.1, -0.05) is 0 Å². The van der Waals surface area contributed by atoms with Crippen molar-refractivity contribution in [3.63, 3.8) is 0 Å². The molecular weight excluding hydrogens is 303 g/mol. The summed E-state index contributed by atoms with van der Waals surface area (Å²) >= 11 is 0. The number of hydrogen-bond acceptors (Lipinski definition) is 5. The van der Waals surface area contributed by atoms with E-state index < -0.39 is 16.8 Å². The molecule has 1 aliphatic heterocycles. The lowest BCUT2D eigenvalue weighted by Crippen LogP contribution is -2.49. The van der Waals surface area contributed by atoms with Crippen LogP contribution in [0.3, 0.4) is 0 Å². The summed E-state index contributed by atoms with van der Waals surface area (Å²) in [7, 11) is -1.52. The Morgan fingerprint density at radius 1 is 1.20 bits per heavy atom. The minimum atomic E-state index is -5.66. The third-order valence-corrected chi connectivity index (χ3v) is 3.32. The summed E-state index contributed by atoms with van der Waals surface area (Å²) in [5.41, 5.74) is 0. The number of likely N-dealkylation sites (N-methyl/N-ethyl adjacent to an activating group) is 1. The first-order valence-electron chi connectivity index (χ1n) is 6.03. The number of piperidine rings is 1. The van der Waals surface area contributed by atoms with Crippen molar-refractivity contribution < 1.29 is 39.5 Å². The van der Waals surface area contributed by atoms with Gasteiger partial charge < -0.3 is 13.8 Å². The van der Waals surface area contributed by atoms with Gasteiger partial charge in [-0.25, -0.2) is 8.42 Å². The van der Waals surface area contributed by atoms with Crippen LogP contribution in [0.1, 0.15) is 19.3 Å². The van der Waals surface area contributed by atoms with Crippen LogP contribution in [-0.4, -0.2) is 64.2 Å². The highest BCUT2D eigenvalue weighted by Gasteiger charge is 2.32. The molecule has 0 N–H and O–H groups in total. The Labute approximate surface area is 117 Å². The maximum absolute atomic E-state index is 10.8. The zero-order valence-electron chi connectivity index (χ0n) is 11.5. The highest BCUT2D eigenvalue weighted by Crippen LogP contribution is 2.18. The maximum atomic E-state index is 10.8. The van der Waals surface area contributed by atoms with E-state index in [0.717, 1.165) is 6.61 Å². The predicted octanol–water partition coefficient (Wildman–Crippen LogP) is 1.25. The van der Waals surface area contributed by atoms with Gasteiger partial charge >= 0.3 is 6.36 Å². The lowest BCUT2D eigenvalue weighted by atomic mass is 10.1. The molecule has 1 heterocycles. The zero-order chi connectivity index (χ0) is 15.9. The Balaban J connectivity index is 0.000000370. The van der Waals surface area contributed by atoms with E-state index in [1.54, 1.807) is 7.11 Å². The van der Waals surface area contributed by atoms with Crippen LogP contribution in [0, 0.1) is 0 Å². The molecule has 1 aliphatic rings. The van der Waals surface area contributed by atoms with Crippen LogP contribution in [0.2, 0.25) is 0 Å². The molecule has 0 aromatic carbocycles. The molecule has 0 saturated carbocycles. The van der Waals surface area contributed by atoms with Crippen LogP contribution >= 0.6 is 0 Å². The van der Waals surface area contributed by atoms with Crippen molar-refractivity contribution in [2.75, 3.05) is 40.4 Å². The molecule has 0 unspecified atom stereocenters. The topological polar surface area (TPSA) is 75.7 Å². The first-order chi connectivity index (χ1) is 8.97. The molecule has 10 heteroatoms. The monoisotopic (exact) mass is 323 g/mol. The third-order valence-electron chi connectivity index (χ3n) is 2.93. The smallest absolute Gasteiger partial charge is 0.536 e. The number of rotatable bonds is 4. The van der Waals surface area contributed by atoms with Crippen molar-refractivity contribution in [2.45, 2.75) is 25.6 Å². The van der Waals surface area contributed by atoms with E-state index in [0.29, 0.717) is 0 Å². The first-order valence-corrected chi connectivity index (χ1v) is 7.36. The molecule has 0 bridgehead atoms. The van der Waals surface area contributed by atoms with E-state index in [4.69, 9.17) is 17.7 Å². The Morgan fingerprint density at radius 3 is 2.00 bits per heavy atom. The van der Waals surface area contributed by atoms with Gasteiger partial charge in [-0.05, 0) is 19.3 Å². The largest absolute Gasteiger partial charge is 0.725 e. The van der Waals surface area contributed by atoms with E-state index in [9.17, 15) is 13.2 Å². The molecule has 122 valence electrons. The van der Waals surface area contributed by atoms with Crippen molar-refractivity contribution in [1.29, 1.82) is 0 Å². The number of halogens is 3. The van der Waals surface area contributed by atoms with Crippen molar-refractivity contribution in [1.82, 2.24) is 0 Å². The van der Waals surface area contributed by atoms with Crippen LogP contribution in [0.5, 0.6) is 0 Å². The Hall–Kier alpha value is -0.420. The van der Waals surface area contributed by atoms with Crippen molar-refractivity contribution in [3.8, 4) is 0 Å². The number of likely N-dealkylation sites (tertiary alicyclic amines) is 1. The fourth-order valence-electron chi connectivity index (χ4n) is 1.93. The minimum Gasteiger partial charge on any atom is -0.725 e.